The van der Waals surface area contributed by atoms with Gasteiger partial charge in [-0.1, -0.05) is 54.2 Å². The summed E-state index contributed by atoms with van der Waals surface area (Å²) < 4.78 is 0. The van der Waals surface area contributed by atoms with E-state index in [2.05, 4.69) is 16.7 Å². The van der Waals surface area contributed by atoms with E-state index in [1.54, 1.807) is 0 Å². The van der Waals surface area contributed by atoms with Gasteiger partial charge in [-0.25, -0.2) is 0 Å². The Hall–Kier alpha value is -3.30. The van der Waals surface area contributed by atoms with E-state index in [-0.39, 0.29) is 17.4 Å². The van der Waals surface area contributed by atoms with Gasteiger partial charge in [0.1, 0.15) is 0 Å². The lowest BCUT2D eigenvalue weighted by Gasteiger charge is -2.33. The van der Waals surface area contributed by atoms with Gasteiger partial charge in [0, 0.05) is 23.4 Å². The summed E-state index contributed by atoms with van der Waals surface area (Å²) in [4.78, 5) is 25.7. The first-order valence-electron chi connectivity index (χ1n) is 11.1. The highest BCUT2D eigenvalue weighted by atomic mass is 32.2. The van der Waals surface area contributed by atoms with Crippen molar-refractivity contribution in [3.63, 3.8) is 0 Å². The second kappa shape index (κ2) is 9.68. The number of allylic oxidation sites excluding steroid dienone is 3. The first-order valence-corrected chi connectivity index (χ1v) is 12.1. The topological polar surface area (TPSA) is 82.0 Å². The summed E-state index contributed by atoms with van der Waals surface area (Å²) in [6.45, 7) is 5.94. The normalized spacial score (nSPS) is 17.9. The molecule has 6 heteroatoms. The Morgan fingerprint density at radius 1 is 1.09 bits per heavy atom. The standard InChI is InChI=1S/C27H27N3O2S/c1-16-8-4-5-11-19(16)24-20(14-28)27(29-21-12-7-13-22(31)25(21)24)33-15-23(32)30-26-17(2)9-6-10-18(26)3/h4-6,8-11,24,29H,7,12-13,15H2,1-3H3,(H,30,32)/t24-/m0/s1. The number of anilines is 1. The molecule has 0 bridgehead atoms. The van der Waals surface area contributed by atoms with Crippen molar-refractivity contribution in [2.75, 3.05) is 11.1 Å². The van der Waals surface area contributed by atoms with Crippen molar-refractivity contribution in [2.24, 2.45) is 0 Å². The van der Waals surface area contributed by atoms with Crippen LogP contribution in [0.25, 0.3) is 0 Å². The quantitative estimate of drug-likeness (QED) is 0.627. The summed E-state index contributed by atoms with van der Waals surface area (Å²) in [5, 5.41) is 17.2. The molecule has 0 aromatic heterocycles. The molecule has 0 unspecified atom stereocenters. The molecule has 0 spiro atoms. The lowest BCUT2D eigenvalue weighted by Crippen LogP contribution is -2.32. The SMILES string of the molecule is Cc1ccccc1[C@H]1C(C#N)=C(SCC(=O)Nc2c(C)cccc2C)NC2=C1C(=O)CCC2. The Labute approximate surface area is 199 Å². The Kier molecular flexibility index (Phi) is 6.71. The van der Waals surface area contributed by atoms with Crippen LogP contribution in [-0.2, 0) is 9.59 Å². The van der Waals surface area contributed by atoms with Gasteiger partial charge in [-0.15, -0.1) is 0 Å². The van der Waals surface area contributed by atoms with E-state index >= 15 is 0 Å². The Morgan fingerprint density at radius 3 is 2.48 bits per heavy atom. The molecule has 1 aliphatic carbocycles. The van der Waals surface area contributed by atoms with Crippen molar-refractivity contribution >= 4 is 29.1 Å². The number of hydrogen-bond acceptors (Lipinski definition) is 5. The van der Waals surface area contributed by atoms with E-state index in [4.69, 9.17) is 0 Å². The van der Waals surface area contributed by atoms with Crippen molar-refractivity contribution in [3.05, 3.63) is 86.6 Å². The van der Waals surface area contributed by atoms with E-state index in [0.717, 1.165) is 46.5 Å². The molecule has 0 fully saturated rings. The minimum atomic E-state index is -0.399. The summed E-state index contributed by atoms with van der Waals surface area (Å²) >= 11 is 1.32. The number of nitriles is 1. The van der Waals surface area contributed by atoms with Crippen molar-refractivity contribution in [1.29, 1.82) is 5.26 Å². The molecule has 1 aliphatic heterocycles. The molecule has 33 heavy (non-hydrogen) atoms. The monoisotopic (exact) mass is 457 g/mol. The third-order valence-electron chi connectivity index (χ3n) is 6.26. The number of nitrogens with zero attached hydrogens (tertiary/aromatic N) is 1. The number of carbonyl (C=O) groups excluding carboxylic acids is 2. The number of nitrogens with one attached hydrogen (secondary N) is 2. The molecule has 2 aromatic carbocycles. The van der Waals surface area contributed by atoms with Crippen LogP contribution in [0.1, 0.15) is 47.4 Å². The van der Waals surface area contributed by atoms with E-state index < -0.39 is 5.92 Å². The van der Waals surface area contributed by atoms with Gasteiger partial charge in [0.2, 0.25) is 5.91 Å². The number of para-hydroxylation sites is 1. The summed E-state index contributed by atoms with van der Waals surface area (Å²) in [6.07, 6.45) is 2.06. The minimum Gasteiger partial charge on any atom is -0.352 e. The molecule has 2 aliphatic rings. The number of carbonyl (C=O) groups is 2. The van der Waals surface area contributed by atoms with Gasteiger partial charge in [0.15, 0.2) is 5.78 Å². The van der Waals surface area contributed by atoms with Crippen molar-refractivity contribution < 1.29 is 9.59 Å². The van der Waals surface area contributed by atoms with E-state index in [1.807, 2.05) is 63.2 Å². The fraction of sp³-hybridized carbons (Fsp3) is 0.296. The number of amides is 1. The number of aryl methyl sites for hydroxylation is 3. The molecule has 2 N–H and O–H groups in total. The van der Waals surface area contributed by atoms with Gasteiger partial charge in [-0.3, -0.25) is 9.59 Å². The molecule has 1 amide bonds. The molecule has 1 atom stereocenters. The first-order chi connectivity index (χ1) is 15.9. The zero-order chi connectivity index (χ0) is 23.5. The van der Waals surface area contributed by atoms with Crippen LogP contribution < -0.4 is 10.6 Å². The highest BCUT2D eigenvalue weighted by Crippen LogP contribution is 2.44. The summed E-state index contributed by atoms with van der Waals surface area (Å²) in [5.74, 6) is -0.264. The van der Waals surface area contributed by atoms with Gasteiger partial charge in [-0.2, -0.15) is 5.26 Å². The lowest BCUT2D eigenvalue weighted by molar-refractivity contribution is -0.116. The van der Waals surface area contributed by atoms with Crippen LogP contribution in [-0.4, -0.2) is 17.4 Å². The highest BCUT2D eigenvalue weighted by molar-refractivity contribution is 8.03. The number of dihydropyridines is 1. The Morgan fingerprint density at radius 2 is 1.79 bits per heavy atom. The maximum Gasteiger partial charge on any atom is 0.234 e. The van der Waals surface area contributed by atoms with Gasteiger partial charge in [0.05, 0.1) is 28.3 Å². The van der Waals surface area contributed by atoms with Crippen LogP contribution in [0.4, 0.5) is 5.69 Å². The number of hydrogen-bond donors (Lipinski definition) is 2. The molecule has 1 heterocycles. The molecule has 5 nitrogen and oxygen atoms in total. The van der Waals surface area contributed by atoms with Gasteiger partial charge in [-0.05, 0) is 55.9 Å². The predicted molar refractivity (Wildman–Crippen MR) is 133 cm³/mol. The van der Waals surface area contributed by atoms with Crippen LogP contribution in [0.2, 0.25) is 0 Å². The molecule has 0 saturated heterocycles. The second-order valence-corrected chi connectivity index (χ2v) is 9.53. The maximum absolute atomic E-state index is 12.9. The van der Waals surface area contributed by atoms with Gasteiger partial charge >= 0.3 is 0 Å². The molecular formula is C27H27N3O2S. The van der Waals surface area contributed by atoms with E-state index in [0.29, 0.717) is 22.6 Å². The van der Waals surface area contributed by atoms with Crippen LogP contribution >= 0.6 is 11.8 Å². The van der Waals surface area contributed by atoms with Crippen molar-refractivity contribution in [1.82, 2.24) is 5.32 Å². The average molecular weight is 458 g/mol. The number of benzene rings is 2. The average Bonchev–Trinajstić information content (AvgIpc) is 2.80. The molecular weight excluding hydrogens is 430 g/mol. The van der Waals surface area contributed by atoms with E-state index in [9.17, 15) is 14.9 Å². The number of thioether (sulfide) groups is 1. The fourth-order valence-electron chi connectivity index (χ4n) is 4.58. The van der Waals surface area contributed by atoms with Crippen LogP contribution in [0.3, 0.4) is 0 Å². The third-order valence-corrected chi connectivity index (χ3v) is 7.27. The Balaban J connectivity index is 1.64. The Bertz CT molecular complexity index is 1220. The zero-order valence-corrected chi connectivity index (χ0v) is 19.9. The van der Waals surface area contributed by atoms with Crippen molar-refractivity contribution in [2.45, 2.75) is 46.0 Å². The third kappa shape index (κ3) is 4.60. The molecule has 168 valence electrons. The first kappa shape index (κ1) is 22.9. The van der Waals surface area contributed by atoms with Gasteiger partial charge in [0.25, 0.3) is 0 Å². The molecule has 0 saturated carbocycles. The minimum absolute atomic E-state index is 0.0987. The molecule has 4 rings (SSSR count). The number of ketones is 1. The van der Waals surface area contributed by atoms with Gasteiger partial charge < -0.3 is 10.6 Å². The zero-order valence-electron chi connectivity index (χ0n) is 19.1. The van der Waals surface area contributed by atoms with Crippen LogP contribution in [0.15, 0.2) is 64.3 Å². The molecule has 2 aromatic rings. The molecule has 0 radical (unpaired) electrons. The largest absolute Gasteiger partial charge is 0.352 e. The number of Topliss-reactive ketones (excluding diaryl/α,β-unsaturated/α-hetero) is 1. The predicted octanol–water partition coefficient (Wildman–Crippen LogP) is 5.41. The summed E-state index contributed by atoms with van der Waals surface area (Å²) in [5.41, 5.74) is 6.95. The number of rotatable bonds is 5. The fourth-order valence-corrected chi connectivity index (χ4v) is 5.45. The summed E-state index contributed by atoms with van der Waals surface area (Å²) in [7, 11) is 0. The second-order valence-electron chi connectivity index (χ2n) is 8.54. The smallest absolute Gasteiger partial charge is 0.234 e. The van der Waals surface area contributed by atoms with Crippen LogP contribution in [0.5, 0.6) is 0 Å². The van der Waals surface area contributed by atoms with Crippen molar-refractivity contribution in [3.8, 4) is 6.07 Å². The highest BCUT2D eigenvalue weighted by Gasteiger charge is 2.37. The van der Waals surface area contributed by atoms with Crippen LogP contribution in [0, 0.1) is 32.1 Å². The lowest BCUT2D eigenvalue weighted by atomic mass is 9.76. The van der Waals surface area contributed by atoms with E-state index in [1.165, 1.54) is 11.8 Å². The summed E-state index contributed by atoms with van der Waals surface area (Å²) in [6, 6.07) is 16.2. The maximum atomic E-state index is 12.9.